The first-order chi connectivity index (χ1) is 10.0. The van der Waals surface area contributed by atoms with Crippen molar-refractivity contribution in [2.75, 3.05) is 12.4 Å². The van der Waals surface area contributed by atoms with Crippen LogP contribution in [-0.2, 0) is 4.79 Å². The predicted molar refractivity (Wildman–Crippen MR) is 92.4 cm³/mol. The molecule has 0 aromatic carbocycles. The van der Waals surface area contributed by atoms with Crippen LogP contribution in [0.2, 0.25) is 0 Å². The van der Waals surface area contributed by atoms with Crippen molar-refractivity contribution in [1.29, 1.82) is 0 Å². The number of nitrogens with zero attached hydrogens (tertiary/aromatic N) is 1. The van der Waals surface area contributed by atoms with Crippen molar-refractivity contribution < 1.29 is 14.3 Å². The Balaban J connectivity index is 0.00000242. The smallest absolute Gasteiger partial charge is 0.254 e. The normalized spacial score (nSPS) is 19.7. The minimum atomic E-state index is -0.657. The summed E-state index contributed by atoms with van der Waals surface area (Å²) >= 11 is 0. The van der Waals surface area contributed by atoms with Gasteiger partial charge in [0.2, 0.25) is 11.8 Å². The third kappa shape index (κ3) is 5.53. The third-order valence-corrected chi connectivity index (χ3v) is 3.66. The van der Waals surface area contributed by atoms with Gasteiger partial charge in [-0.3, -0.25) is 9.59 Å². The lowest BCUT2D eigenvalue weighted by Crippen LogP contribution is -2.34. The molecule has 2 atom stereocenters. The maximum Gasteiger partial charge on any atom is 0.254 e. The topological polar surface area (TPSA) is 120 Å². The molecule has 0 radical (unpaired) electrons. The third-order valence-electron chi connectivity index (χ3n) is 3.66. The molecule has 1 aromatic heterocycles. The van der Waals surface area contributed by atoms with Gasteiger partial charge in [0.1, 0.15) is 5.56 Å². The van der Waals surface area contributed by atoms with Crippen molar-refractivity contribution in [2.24, 2.45) is 17.4 Å². The number of anilines is 1. The quantitative estimate of drug-likeness (QED) is 0.747. The number of halogens is 2. The van der Waals surface area contributed by atoms with Crippen LogP contribution < -0.4 is 21.5 Å². The van der Waals surface area contributed by atoms with E-state index in [9.17, 15) is 9.59 Å². The van der Waals surface area contributed by atoms with Gasteiger partial charge in [-0.2, -0.15) is 0 Å². The Morgan fingerprint density at radius 1 is 1.35 bits per heavy atom. The number of primary amides is 1. The molecule has 1 aromatic rings. The Labute approximate surface area is 147 Å². The number of hydrogen-bond donors (Lipinski definition) is 3. The number of carbonyl (C=O) groups is 2. The summed E-state index contributed by atoms with van der Waals surface area (Å²) in [4.78, 5) is 27.5. The molecule has 1 heterocycles. The fourth-order valence-electron chi connectivity index (χ4n) is 2.57. The number of nitrogens with two attached hydrogens (primary N) is 2. The summed E-state index contributed by atoms with van der Waals surface area (Å²) in [5.41, 5.74) is 11.7. The maximum absolute atomic E-state index is 12.2. The fourth-order valence-corrected chi connectivity index (χ4v) is 2.57. The van der Waals surface area contributed by atoms with Crippen LogP contribution in [0.25, 0.3) is 0 Å². The molecule has 7 nitrogen and oxygen atoms in total. The van der Waals surface area contributed by atoms with E-state index < -0.39 is 5.91 Å². The molecule has 2 amide bonds. The molecule has 23 heavy (non-hydrogen) atoms. The summed E-state index contributed by atoms with van der Waals surface area (Å²) in [5.74, 6) is -0.726. The van der Waals surface area contributed by atoms with Crippen molar-refractivity contribution in [3.8, 4) is 5.88 Å². The number of pyridine rings is 1. The number of aromatic nitrogens is 1. The second-order valence-corrected chi connectivity index (χ2v) is 5.26. The Morgan fingerprint density at radius 2 is 2.04 bits per heavy atom. The molecule has 0 spiro atoms. The van der Waals surface area contributed by atoms with Gasteiger partial charge in [0.15, 0.2) is 0 Å². The van der Waals surface area contributed by atoms with E-state index in [2.05, 4.69) is 10.3 Å². The van der Waals surface area contributed by atoms with E-state index in [1.54, 1.807) is 0 Å². The number of methoxy groups -OCH3 is 1. The minimum Gasteiger partial charge on any atom is -0.480 e. The van der Waals surface area contributed by atoms with E-state index in [0.717, 1.165) is 19.3 Å². The van der Waals surface area contributed by atoms with Crippen molar-refractivity contribution in [3.05, 3.63) is 17.8 Å². The average Bonchev–Trinajstić information content (AvgIpc) is 2.47. The number of hydrogen-bond acceptors (Lipinski definition) is 5. The van der Waals surface area contributed by atoms with E-state index >= 15 is 0 Å². The lowest BCUT2D eigenvalue weighted by atomic mass is 9.85. The molecule has 2 rings (SSSR count). The van der Waals surface area contributed by atoms with Crippen LogP contribution in [0.1, 0.15) is 36.0 Å². The highest BCUT2D eigenvalue weighted by molar-refractivity contribution is 5.98. The number of rotatable bonds is 4. The van der Waals surface area contributed by atoms with E-state index in [4.69, 9.17) is 16.2 Å². The number of carbonyl (C=O) groups excluding carboxylic acids is 2. The zero-order valence-corrected chi connectivity index (χ0v) is 14.4. The van der Waals surface area contributed by atoms with Crippen molar-refractivity contribution in [2.45, 2.75) is 31.7 Å². The lowest BCUT2D eigenvalue weighted by Gasteiger charge is -2.25. The van der Waals surface area contributed by atoms with Crippen LogP contribution in [0.15, 0.2) is 12.3 Å². The van der Waals surface area contributed by atoms with Gasteiger partial charge in [0, 0.05) is 12.0 Å². The number of nitrogens with one attached hydrogen (secondary N) is 1. The van der Waals surface area contributed by atoms with E-state index in [-0.39, 0.29) is 54.1 Å². The largest absolute Gasteiger partial charge is 0.480 e. The standard InChI is InChI=1S/C14H20N4O3.2ClH/c1-21-14-11(12(16)19)6-10(7-17-14)18-13(20)8-3-2-4-9(15)5-8;;/h6-9H,2-5,15H2,1H3,(H2,16,19)(H,18,20);2*1H. The Bertz CT molecular complexity index is 557. The van der Waals surface area contributed by atoms with E-state index in [0.29, 0.717) is 12.1 Å². The number of ether oxygens (including phenoxy) is 1. The fraction of sp³-hybridized carbons (Fsp3) is 0.500. The summed E-state index contributed by atoms with van der Waals surface area (Å²) in [6.45, 7) is 0. The molecule has 0 aliphatic heterocycles. The van der Waals surface area contributed by atoms with Gasteiger partial charge in [-0.25, -0.2) is 4.98 Å². The average molecular weight is 365 g/mol. The van der Waals surface area contributed by atoms with Crippen molar-refractivity contribution in [3.63, 3.8) is 0 Å². The van der Waals surface area contributed by atoms with Crippen LogP contribution in [0, 0.1) is 5.92 Å². The number of amides is 2. The van der Waals surface area contributed by atoms with Crippen molar-refractivity contribution >= 4 is 42.3 Å². The molecule has 0 bridgehead atoms. The highest BCUT2D eigenvalue weighted by Crippen LogP contribution is 2.25. The summed E-state index contributed by atoms with van der Waals surface area (Å²) in [6.07, 6.45) is 4.85. The van der Waals surface area contributed by atoms with Crippen molar-refractivity contribution in [1.82, 2.24) is 4.98 Å². The van der Waals surface area contributed by atoms with Gasteiger partial charge in [0.05, 0.1) is 19.0 Å². The summed E-state index contributed by atoms with van der Waals surface area (Å²) in [5, 5.41) is 2.76. The minimum absolute atomic E-state index is 0. The molecule has 2 unspecified atom stereocenters. The SMILES string of the molecule is COc1ncc(NC(=O)C2CCCC(N)C2)cc1C(N)=O.Cl.Cl. The zero-order valence-electron chi connectivity index (χ0n) is 12.8. The molecule has 0 saturated heterocycles. The van der Waals surface area contributed by atoms with Gasteiger partial charge in [-0.15, -0.1) is 24.8 Å². The van der Waals surface area contributed by atoms with Crippen LogP contribution in [-0.4, -0.2) is 29.9 Å². The summed E-state index contributed by atoms with van der Waals surface area (Å²) in [6, 6.07) is 1.54. The first kappa shape index (κ1) is 21.4. The lowest BCUT2D eigenvalue weighted by molar-refractivity contribution is -0.120. The van der Waals surface area contributed by atoms with Gasteiger partial charge in [0.25, 0.3) is 5.91 Å². The Morgan fingerprint density at radius 3 is 2.61 bits per heavy atom. The second kappa shape index (κ2) is 9.54. The van der Waals surface area contributed by atoms with Crippen LogP contribution in [0.5, 0.6) is 5.88 Å². The molecule has 1 fully saturated rings. The van der Waals surface area contributed by atoms with E-state index in [1.807, 2.05) is 0 Å². The van der Waals surface area contributed by atoms with Crippen LogP contribution in [0.4, 0.5) is 5.69 Å². The molecule has 9 heteroatoms. The van der Waals surface area contributed by atoms with Gasteiger partial charge in [-0.1, -0.05) is 6.42 Å². The zero-order chi connectivity index (χ0) is 15.4. The monoisotopic (exact) mass is 364 g/mol. The molecule has 1 aliphatic rings. The molecule has 5 N–H and O–H groups in total. The first-order valence-electron chi connectivity index (χ1n) is 6.91. The molecule has 1 aliphatic carbocycles. The molecule has 130 valence electrons. The van der Waals surface area contributed by atoms with E-state index in [1.165, 1.54) is 19.4 Å². The predicted octanol–water partition coefficient (Wildman–Crippen LogP) is 1.49. The molecule has 1 saturated carbocycles. The molecular weight excluding hydrogens is 343 g/mol. The Kier molecular flexibility index (Phi) is 8.89. The van der Waals surface area contributed by atoms with Crippen LogP contribution in [0.3, 0.4) is 0 Å². The highest BCUT2D eigenvalue weighted by Gasteiger charge is 2.25. The molecular formula is C14H22Cl2N4O3. The maximum atomic E-state index is 12.2. The second-order valence-electron chi connectivity index (χ2n) is 5.26. The first-order valence-corrected chi connectivity index (χ1v) is 6.91. The van der Waals surface area contributed by atoms with Gasteiger partial charge >= 0.3 is 0 Å². The Hall–Kier alpha value is -1.57. The highest BCUT2D eigenvalue weighted by atomic mass is 35.5. The van der Waals surface area contributed by atoms with Gasteiger partial charge in [-0.05, 0) is 25.3 Å². The summed E-state index contributed by atoms with van der Waals surface area (Å²) < 4.78 is 4.96. The summed E-state index contributed by atoms with van der Waals surface area (Å²) in [7, 11) is 1.40. The van der Waals surface area contributed by atoms with Gasteiger partial charge < -0.3 is 21.5 Å². The van der Waals surface area contributed by atoms with Crippen LogP contribution >= 0.6 is 24.8 Å².